The van der Waals surface area contributed by atoms with Crippen molar-refractivity contribution >= 4 is 10.0 Å². The van der Waals surface area contributed by atoms with Crippen molar-refractivity contribution in [2.24, 2.45) is 0 Å². The van der Waals surface area contributed by atoms with Crippen LogP contribution in [0, 0.1) is 0 Å². The largest absolute Gasteiger partial charge is 0.416 e. The quantitative estimate of drug-likeness (QED) is 0.899. The van der Waals surface area contributed by atoms with E-state index in [1.807, 2.05) is 0 Å². The van der Waals surface area contributed by atoms with Crippen LogP contribution in [-0.2, 0) is 26.7 Å². The number of hydrogen-bond donors (Lipinski definition) is 1. The van der Waals surface area contributed by atoms with E-state index in [2.05, 4.69) is 4.72 Å². The van der Waals surface area contributed by atoms with Gasteiger partial charge in [0.15, 0.2) is 0 Å². The van der Waals surface area contributed by atoms with Gasteiger partial charge in [0, 0.05) is 13.2 Å². The zero-order valence-electron chi connectivity index (χ0n) is 11.9. The molecule has 4 nitrogen and oxygen atoms in total. The van der Waals surface area contributed by atoms with E-state index in [1.165, 1.54) is 18.2 Å². The maximum Gasteiger partial charge on any atom is 0.416 e. The van der Waals surface area contributed by atoms with E-state index in [1.54, 1.807) is 0 Å². The Labute approximate surface area is 127 Å². The normalized spacial score (nSPS) is 20.0. The molecule has 1 aromatic rings. The minimum absolute atomic E-state index is 0.0938. The Balaban J connectivity index is 2.02. The second kappa shape index (κ2) is 6.97. The molecule has 124 valence electrons. The molecule has 0 bridgehead atoms. The number of benzene rings is 1. The van der Waals surface area contributed by atoms with E-state index in [0.717, 1.165) is 25.3 Å². The van der Waals surface area contributed by atoms with Crippen molar-refractivity contribution in [3.63, 3.8) is 0 Å². The number of nitrogens with one attached hydrogen (secondary N) is 1. The summed E-state index contributed by atoms with van der Waals surface area (Å²) in [7, 11) is -3.85. The van der Waals surface area contributed by atoms with Crippen LogP contribution in [0.25, 0.3) is 0 Å². The summed E-state index contributed by atoms with van der Waals surface area (Å²) in [6.07, 6.45) is -2.12. The molecular weight excluding hydrogens is 319 g/mol. The van der Waals surface area contributed by atoms with Gasteiger partial charge in [-0.25, -0.2) is 13.1 Å². The number of sulfonamides is 1. The lowest BCUT2D eigenvalue weighted by Gasteiger charge is -2.22. The molecule has 2 rings (SSSR count). The molecule has 1 saturated heterocycles. The summed E-state index contributed by atoms with van der Waals surface area (Å²) in [5.41, 5.74) is -1.18. The van der Waals surface area contributed by atoms with Gasteiger partial charge in [0.25, 0.3) is 0 Å². The predicted octanol–water partition coefficient (Wildman–Crippen LogP) is 2.69. The molecule has 0 amide bonds. The van der Waals surface area contributed by atoms with Gasteiger partial charge in [-0.15, -0.1) is 0 Å². The average molecular weight is 337 g/mol. The molecule has 1 aliphatic heterocycles. The summed E-state index contributed by atoms with van der Waals surface area (Å²) in [6, 6.07) is 4.70. The molecule has 1 aromatic carbocycles. The van der Waals surface area contributed by atoms with E-state index >= 15 is 0 Å². The zero-order chi connectivity index (χ0) is 16.2. The number of halogens is 3. The standard InChI is InChI=1S/C14H18F3NO3S/c15-14(16,17)13-7-2-1-5-11(13)10-22(19,20)18-9-12-6-3-4-8-21-12/h1-2,5,7,12,18H,3-4,6,8-10H2/t12-/m0/s1. The topological polar surface area (TPSA) is 55.4 Å². The highest BCUT2D eigenvalue weighted by atomic mass is 32.2. The number of alkyl halides is 3. The molecular formula is C14H18F3NO3S. The molecule has 1 aliphatic rings. The Morgan fingerprint density at radius 3 is 2.59 bits per heavy atom. The average Bonchev–Trinajstić information content (AvgIpc) is 2.45. The minimum atomic E-state index is -4.57. The monoisotopic (exact) mass is 337 g/mol. The van der Waals surface area contributed by atoms with Gasteiger partial charge < -0.3 is 4.74 Å². The van der Waals surface area contributed by atoms with Crippen molar-refractivity contribution < 1.29 is 26.3 Å². The fourth-order valence-electron chi connectivity index (χ4n) is 2.37. The van der Waals surface area contributed by atoms with Crippen LogP contribution in [0.1, 0.15) is 30.4 Å². The van der Waals surface area contributed by atoms with Gasteiger partial charge in [0.05, 0.1) is 17.4 Å². The van der Waals surface area contributed by atoms with E-state index in [0.29, 0.717) is 6.61 Å². The third-order valence-corrected chi connectivity index (χ3v) is 4.77. The van der Waals surface area contributed by atoms with Crippen LogP contribution in [0.5, 0.6) is 0 Å². The lowest BCUT2D eigenvalue weighted by molar-refractivity contribution is -0.138. The van der Waals surface area contributed by atoms with E-state index in [4.69, 9.17) is 4.74 Å². The summed E-state index contributed by atoms with van der Waals surface area (Å²) in [5.74, 6) is -0.699. The van der Waals surface area contributed by atoms with E-state index < -0.39 is 27.5 Å². The number of rotatable bonds is 5. The Morgan fingerprint density at radius 1 is 1.23 bits per heavy atom. The minimum Gasteiger partial charge on any atom is -0.377 e. The van der Waals surface area contributed by atoms with Crippen molar-refractivity contribution in [3.8, 4) is 0 Å². The van der Waals surface area contributed by atoms with Gasteiger partial charge in [-0.2, -0.15) is 13.2 Å². The maximum atomic E-state index is 12.9. The van der Waals surface area contributed by atoms with Crippen LogP contribution < -0.4 is 4.72 Å². The first-order valence-corrected chi connectivity index (χ1v) is 8.67. The predicted molar refractivity (Wildman–Crippen MR) is 75.7 cm³/mol. The fraction of sp³-hybridized carbons (Fsp3) is 0.571. The zero-order valence-corrected chi connectivity index (χ0v) is 12.7. The second-order valence-electron chi connectivity index (χ2n) is 5.25. The first-order chi connectivity index (χ1) is 10.3. The van der Waals surface area contributed by atoms with Crippen LogP contribution in [0.3, 0.4) is 0 Å². The third-order valence-electron chi connectivity index (χ3n) is 3.47. The molecule has 8 heteroatoms. The molecule has 0 aliphatic carbocycles. The van der Waals surface area contributed by atoms with Gasteiger partial charge in [-0.1, -0.05) is 18.2 Å². The maximum absolute atomic E-state index is 12.9. The Kier molecular flexibility index (Phi) is 5.46. The van der Waals surface area contributed by atoms with Crippen LogP contribution in [-0.4, -0.2) is 27.7 Å². The smallest absolute Gasteiger partial charge is 0.377 e. The molecule has 0 aromatic heterocycles. The molecule has 22 heavy (non-hydrogen) atoms. The van der Waals surface area contributed by atoms with Crippen LogP contribution >= 0.6 is 0 Å². The van der Waals surface area contributed by atoms with Gasteiger partial charge in [-0.05, 0) is 30.9 Å². The molecule has 1 atom stereocenters. The van der Waals surface area contributed by atoms with Crippen LogP contribution in [0.2, 0.25) is 0 Å². The van der Waals surface area contributed by atoms with Crippen molar-refractivity contribution in [2.45, 2.75) is 37.3 Å². The van der Waals surface area contributed by atoms with Gasteiger partial charge in [0.1, 0.15) is 0 Å². The van der Waals surface area contributed by atoms with E-state index in [9.17, 15) is 21.6 Å². The van der Waals surface area contributed by atoms with Crippen molar-refractivity contribution in [3.05, 3.63) is 35.4 Å². The lowest BCUT2D eigenvalue weighted by Crippen LogP contribution is -2.36. The third kappa shape index (κ3) is 4.96. The van der Waals surface area contributed by atoms with Crippen molar-refractivity contribution in [2.75, 3.05) is 13.2 Å². The molecule has 0 saturated carbocycles. The summed E-state index contributed by atoms with van der Waals surface area (Å²) >= 11 is 0. The second-order valence-corrected chi connectivity index (χ2v) is 7.06. The number of ether oxygens (including phenoxy) is 1. The van der Waals surface area contributed by atoms with Crippen molar-refractivity contribution in [1.29, 1.82) is 0 Å². The molecule has 0 unspecified atom stereocenters. The van der Waals surface area contributed by atoms with Crippen LogP contribution in [0.4, 0.5) is 13.2 Å². The lowest BCUT2D eigenvalue weighted by atomic mass is 10.1. The Morgan fingerprint density at radius 2 is 1.95 bits per heavy atom. The molecule has 1 fully saturated rings. The molecule has 1 heterocycles. The molecule has 0 spiro atoms. The summed E-state index contributed by atoms with van der Waals surface area (Å²) < 4.78 is 70.3. The van der Waals surface area contributed by atoms with Crippen LogP contribution in [0.15, 0.2) is 24.3 Å². The highest BCUT2D eigenvalue weighted by Gasteiger charge is 2.34. The van der Waals surface area contributed by atoms with Gasteiger partial charge in [0.2, 0.25) is 10.0 Å². The first-order valence-electron chi connectivity index (χ1n) is 7.02. The first kappa shape index (κ1) is 17.2. The summed E-state index contributed by atoms with van der Waals surface area (Å²) in [5, 5.41) is 0. The fourth-order valence-corrected chi connectivity index (χ4v) is 3.57. The summed E-state index contributed by atoms with van der Waals surface area (Å²) in [4.78, 5) is 0. The number of hydrogen-bond acceptors (Lipinski definition) is 3. The highest BCUT2D eigenvalue weighted by molar-refractivity contribution is 7.88. The Bertz CT molecular complexity index is 596. The Hall–Kier alpha value is -1.12. The highest BCUT2D eigenvalue weighted by Crippen LogP contribution is 2.32. The molecule has 1 N–H and O–H groups in total. The SMILES string of the molecule is O=S(=O)(Cc1ccccc1C(F)(F)F)NC[C@@H]1CCCCO1. The van der Waals surface area contributed by atoms with Gasteiger partial charge >= 0.3 is 6.18 Å². The molecule has 0 radical (unpaired) electrons. The summed E-state index contributed by atoms with van der Waals surface area (Å²) in [6.45, 7) is 0.680. The van der Waals surface area contributed by atoms with E-state index in [-0.39, 0.29) is 18.2 Å². The van der Waals surface area contributed by atoms with Gasteiger partial charge in [-0.3, -0.25) is 0 Å². The van der Waals surface area contributed by atoms with Crippen molar-refractivity contribution in [1.82, 2.24) is 4.72 Å².